The molecule has 7 heteroatoms. The van der Waals surface area contributed by atoms with Crippen LogP contribution >= 0.6 is 0 Å². The summed E-state index contributed by atoms with van der Waals surface area (Å²) in [6.07, 6.45) is 5.62. The number of hydrogen-bond donors (Lipinski definition) is 1. The first-order valence-electron chi connectivity index (χ1n) is 10.7. The van der Waals surface area contributed by atoms with Gasteiger partial charge < -0.3 is 9.88 Å². The average molecular weight is 440 g/mol. The number of rotatable bonds is 7. The van der Waals surface area contributed by atoms with E-state index in [4.69, 9.17) is 0 Å². The summed E-state index contributed by atoms with van der Waals surface area (Å²) in [7, 11) is -3.27. The van der Waals surface area contributed by atoms with E-state index < -0.39 is 9.84 Å². The van der Waals surface area contributed by atoms with Crippen molar-refractivity contribution in [1.29, 1.82) is 0 Å². The second kappa shape index (κ2) is 8.46. The van der Waals surface area contributed by atoms with Crippen LogP contribution in [0.2, 0.25) is 0 Å². The van der Waals surface area contributed by atoms with Crippen LogP contribution in [0.4, 0.5) is 0 Å². The van der Waals surface area contributed by atoms with Crippen LogP contribution in [0.3, 0.4) is 0 Å². The molecule has 1 N–H and O–H groups in total. The average Bonchev–Trinajstić information content (AvgIpc) is 3.32. The number of carbonyl (C=O) groups excluding carboxylic acids is 1. The summed E-state index contributed by atoms with van der Waals surface area (Å²) in [6, 6.07) is 16.0. The molecule has 2 aromatic carbocycles. The third-order valence-corrected chi connectivity index (χ3v) is 7.02. The maximum Gasteiger partial charge on any atom is 0.240 e. The van der Waals surface area contributed by atoms with Crippen LogP contribution in [-0.4, -0.2) is 36.7 Å². The van der Waals surface area contributed by atoms with Gasteiger partial charge in [-0.2, -0.15) is 0 Å². The maximum atomic E-state index is 13.0. The fourth-order valence-electron chi connectivity index (χ4n) is 4.71. The van der Waals surface area contributed by atoms with Gasteiger partial charge in [0, 0.05) is 18.2 Å². The van der Waals surface area contributed by atoms with E-state index in [1.54, 1.807) is 4.57 Å². The van der Waals surface area contributed by atoms with Gasteiger partial charge in [-0.15, -0.1) is 0 Å². The van der Waals surface area contributed by atoms with Crippen molar-refractivity contribution < 1.29 is 13.2 Å². The third kappa shape index (κ3) is 4.82. The van der Waals surface area contributed by atoms with E-state index in [2.05, 4.69) is 41.5 Å². The van der Waals surface area contributed by atoms with Gasteiger partial charge in [-0.25, -0.2) is 13.4 Å². The Morgan fingerprint density at radius 2 is 1.87 bits per heavy atom. The zero-order chi connectivity index (χ0) is 22.1. The van der Waals surface area contributed by atoms with Crippen LogP contribution < -0.4 is 5.32 Å². The molecule has 1 aliphatic carbocycles. The zero-order valence-electron chi connectivity index (χ0n) is 18.1. The Morgan fingerprint density at radius 3 is 2.58 bits per heavy atom. The number of hydrogen-bond acceptors (Lipinski definition) is 4. The molecule has 0 aliphatic heterocycles. The molecular formula is C24H29N3O3S. The molecule has 1 saturated carbocycles. The molecule has 0 atom stereocenters. The van der Waals surface area contributed by atoms with Crippen molar-refractivity contribution in [3.05, 3.63) is 65.5 Å². The highest BCUT2D eigenvalue weighted by Gasteiger charge is 2.36. The second-order valence-corrected chi connectivity index (χ2v) is 10.9. The zero-order valence-corrected chi connectivity index (χ0v) is 18.9. The van der Waals surface area contributed by atoms with Crippen LogP contribution in [0, 0.1) is 6.92 Å². The highest BCUT2D eigenvalue weighted by molar-refractivity contribution is 7.89. The number of carbonyl (C=O) groups is 1. The molecular weight excluding hydrogens is 410 g/mol. The lowest BCUT2D eigenvalue weighted by Crippen LogP contribution is -2.40. The summed E-state index contributed by atoms with van der Waals surface area (Å²) in [4.78, 5) is 17.4. The fourth-order valence-corrected chi connectivity index (χ4v) is 5.40. The SMILES string of the molecule is Cc1cccc(C2(CNC(=O)Cn3c(CS(C)(=O)=O)nc4ccccc43)CCCC2)c1. The van der Waals surface area contributed by atoms with Gasteiger partial charge in [0.25, 0.3) is 0 Å². The van der Waals surface area contributed by atoms with E-state index >= 15 is 0 Å². The number of nitrogens with zero attached hydrogens (tertiary/aromatic N) is 2. The number of amides is 1. The van der Waals surface area contributed by atoms with Crippen molar-refractivity contribution in [3.63, 3.8) is 0 Å². The Balaban J connectivity index is 1.55. The Bertz CT molecular complexity index is 1210. The summed E-state index contributed by atoms with van der Waals surface area (Å²) in [5.41, 5.74) is 3.95. The highest BCUT2D eigenvalue weighted by atomic mass is 32.2. The molecule has 4 rings (SSSR count). The quantitative estimate of drug-likeness (QED) is 0.611. The van der Waals surface area contributed by atoms with Crippen LogP contribution in [0.5, 0.6) is 0 Å². The molecule has 31 heavy (non-hydrogen) atoms. The van der Waals surface area contributed by atoms with Crippen molar-refractivity contribution in [1.82, 2.24) is 14.9 Å². The molecule has 0 radical (unpaired) electrons. The highest BCUT2D eigenvalue weighted by Crippen LogP contribution is 2.40. The molecule has 1 aromatic heterocycles. The predicted octanol–water partition coefficient (Wildman–Crippen LogP) is 3.52. The summed E-state index contributed by atoms with van der Waals surface area (Å²) in [5, 5.41) is 3.14. The first-order chi connectivity index (χ1) is 14.8. The number of sulfone groups is 1. The van der Waals surface area contributed by atoms with E-state index in [0.29, 0.717) is 17.9 Å². The van der Waals surface area contributed by atoms with Crippen LogP contribution in [0.25, 0.3) is 11.0 Å². The minimum Gasteiger partial charge on any atom is -0.354 e. The number of para-hydroxylation sites is 2. The summed E-state index contributed by atoms with van der Waals surface area (Å²) in [5.74, 6) is 0.0762. The lowest BCUT2D eigenvalue weighted by molar-refractivity contribution is -0.121. The van der Waals surface area contributed by atoms with E-state index in [-0.39, 0.29) is 23.6 Å². The largest absolute Gasteiger partial charge is 0.354 e. The molecule has 1 heterocycles. The topological polar surface area (TPSA) is 81.1 Å². The van der Waals surface area contributed by atoms with Crippen molar-refractivity contribution >= 4 is 26.8 Å². The molecule has 0 unspecified atom stereocenters. The molecule has 0 saturated heterocycles. The second-order valence-electron chi connectivity index (χ2n) is 8.81. The monoisotopic (exact) mass is 439 g/mol. The molecule has 3 aromatic rings. The molecule has 164 valence electrons. The number of benzene rings is 2. The van der Waals surface area contributed by atoms with E-state index in [9.17, 15) is 13.2 Å². The maximum absolute atomic E-state index is 13.0. The smallest absolute Gasteiger partial charge is 0.240 e. The molecule has 1 amide bonds. The van der Waals surface area contributed by atoms with Crippen molar-refractivity contribution in [2.75, 3.05) is 12.8 Å². The standard InChI is InChI=1S/C24H29N3O3S/c1-18-8-7-9-19(14-18)24(12-5-6-13-24)17-25-23(28)15-27-21-11-4-3-10-20(21)26-22(27)16-31(2,29)30/h3-4,7-11,14H,5-6,12-13,15-17H2,1-2H3,(H,25,28). The summed E-state index contributed by atoms with van der Waals surface area (Å²) >= 11 is 0. The molecule has 0 spiro atoms. The van der Waals surface area contributed by atoms with Crippen molar-refractivity contribution in [2.45, 2.75) is 50.3 Å². The minimum absolute atomic E-state index is 0.0335. The Kier molecular flexibility index (Phi) is 5.88. The summed E-state index contributed by atoms with van der Waals surface area (Å²) in [6.45, 7) is 2.73. The Morgan fingerprint density at radius 1 is 1.13 bits per heavy atom. The van der Waals surface area contributed by atoms with Gasteiger partial charge in [0.15, 0.2) is 9.84 Å². The van der Waals surface area contributed by atoms with Gasteiger partial charge >= 0.3 is 0 Å². The van der Waals surface area contributed by atoms with Gasteiger partial charge in [0.1, 0.15) is 18.1 Å². The lowest BCUT2D eigenvalue weighted by Gasteiger charge is -2.30. The number of imidazole rings is 1. The predicted molar refractivity (Wildman–Crippen MR) is 123 cm³/mol. The molecule has 1 aliphatic rings. The van der Waals surface area contributed by atoms with E-state index in [1.807, 2.05) is 24.3 Å². The number of nitrogens with one attached hydrogen (secondary N) is 1. The minimum atomic E-state index is -3.27. The van der Waals surface area contributed by atoms with Crippen LogP contribution in [0.15, 0.2) is 48.5 Å². The normalized spacial score (nSPS) is 15.9. The summed E-state index contributed by atoms with van der Waals surface area (Å²) < 4.78 is 25.5. The van der Waals surface area contributed by atoms with Crippen LogP contribution in [0.1, 0.15) is 42.6 Å². The Labute approximate surface area is 183 Å². The Hall–Kier alpha value is -2.67. The number of aromatic nitrogens is 2. The molecule has 1 fully saturated rings. The van der Waals surface area contributed by atoms with Gasteiger partial charge in [0.05, 0.1) is 11.0 Å². The third-order valence-electron chi connectivity index (χ3n) is 6.24. The first kappa shape index (κ1) is 21.6. The van der Waals surface area contributed by atoms with Gasteiger partial charge in [-0.05, 0) is 37.5 Å². The first-order valence-corrected chi connectivity index (χ1v) is 12.8. The van der Waals surface area contributed by atoms with Gasteiger partial charge in [0.2, 0.25) is 5.91 Å². The van der Waals surface area contributed by atoms with Crippen LogP contribution in [-0.2, 0) is 32.3 Å². The molecule has 0 bridgehead atoms. The molecule has 6 nitrogen and oxygen atoms in total. The van der Waals surface area contributed by atoms with Gasteiger partial charge in [-0.1, -0.05) is 54.8 Å². The van der Waals surface area contributed by atoms with E-state index in [1.165, 1.54) is 17.4 Å². The number of aryl methyl sites for hydroxylation is 1. The van der Waals surface area contributed by atoms with Crippen molar-refractivity contribution in [2.24, 2.45) is 0 Å². The van der Waals surface area contributed by atoms with E-state index in [0.717, 1.165) is 31.2 Å². The lowest BCUT2D eigenvalue weighted by atomic mass is 9.78. The number of fused-ring (bicyclic) bond motifs is 1. The fraction of sp³-hybridized carbons (Fsp3) is 0.417. The van der Waals surface area contributed by atoms with Gasteiger partial charge in [-0.3, -0.25) is 4.79 Å². The van der Waals surface area contributed by atoms with Crippen molar-refractivity contribution in [3.8, 4) is 0 Å².